The number of para-hydroxylation sites is 2. The zero-order valence-corrected chi connectivity index (χ0v) is 51.0. The molecule has 418 valence electrons. The molecule has 4 aliphatic rings. The summed E-state index contributed by atoms with van der Waals surface area (Å²) in [6, 6.07) is 117. The van der Waals surface area contributed by atoms with Gasteiger partial charge in [-0.1, -0.05) is 266 Å². The fourth-order valence-corrected chi connectivity index (χ4v) is 24.3. The summed E-state index contributed by atoms with van der Waals surface area (Å²) in [5, 5.41) is 5.08. The van der Waals surface area contributed by atoms with E-state index >= 15 is 9.13 Å². The zero-order valence-electron chi connectivity index (χ0n) is 47.6. The Kier molecular flexibility index (Phi) is 12.4. The molecule has 13 aromatic rings. The molecule has 4 nitrogen and oxygen atoms in total. The molecular weight excluding hydrogens is 1150 g/mol. The van der Waals surface area contributed by atoms with Crippen LogP contribution in [0.2, 0.25) is 0 Å². The average Bonchev–Trinajstić information content (AvgIpc) is 0.789. The quantitative estimate of drug-likeness (QED) is 0.141. The van der Waals surface area contributed by atoms with Gasteiger partial charge in [0.05, 0.1) is 33.6 Å². The van der Waals surface area contributed by atoms with E-state index in [0.717, 1.165) is 130 Å². The van der Waals surface area contributed by atoms with E-state index in [2.05, 4.69) is 265 Å². The highest BCUT2D eigenvalue weighted by Crippen LogP contribution is 2.65. The first-order valence-electron chi connectivity index (χ1n) is 29.8. The van der Waals surface area contributed by atoms with Crippen LogP contribution in [0, 0.1) is 0 Å². The fraction of sp³-hybridized carbons (Fsp3) is 0.0250. The lowest BCUT2D eigenvalue weighted by Crippen LogP contribution is -2.41. The summed E-state index contributed by atoms with van der Waals surface area (Å²) < 4.78 is 32.6. The molecule has 13 aromatic carbocycles. The molecule has 0 saturated heterocycles. The summed E-state index contributed by atoms with van der Waals surface area (Å²) in [6.45, 7) is 0. The summed E-state index contributed by atoms with van der Waals surface area (Å²) >= 11 is 3.40. The maximum Gasteiger partial charge on any atom is 0.173 e. The maximum atomic E-state index is 16.3. The first-order valence-corrected chi connectivity index (χ1v) is 34.8. The van der Waals surface area contributed by atoms with Crippen molar-refractivity contribution in [3.63, 3.8) is 0 Å². The highest BCUT2D eigenvalue weighted by molar-refractivity contribution is 8.03. The molecule has 0 aromatic heterocycles. The summed E-state index contributed by atoms with van der Waals surface area (Å²) in [5.74, 6) is 0. The summed E-state index contributed by atoms with van der Waals surface area (Å²) in [4.78, 5) is 8.92. The molecule has 88 heavy (non-hydrogen) atoms. The minimum Gasteiger partial charge on any atom is -0.310 e. The number of hydrogen-bond donors (Lipinski definition) is 0. The van der Waals surface area contributed by atoms with Crippen molar-refractivity contribution in [1.29, 1.82) is 0 Å². The monoisotopic (exact) mass is 1200 g/mol. The van der Waals surface area contributed by atoms with Crippen molar-refractivity contribution in [3.8, 4) is 0 Å². The fourth-order valence-electron chi connectivity index (χ4n) is 14.9. The van der Waals surface area contributed by atoms with Crippen LogP contribution in [0.15, 0.2) is 347 Å². The molecule has 0 bridgehead atoms. The molecule has 0 fully saturated rings. The molecule has 8 heteroatoms. The molecule has 2 unspecified atom stereocenters. The normalized spacial score (nSPS) is 17.8. The van der Waals surface area contributed by atoms with Gasteiger partial charge in [-0.15, -0.1) is 0 Å². The third-order valence-electron chi connectivity index (χ3n) is 18.5. The lowest BCUT2D eigenvalue weighted by molar-refractivity contribution is 0.591. The molecular formula is C80H54N2O2P2S2. The van der Waals surface area contributed by atoms with Crippen molar-refractivity contribution in [2.45, 2.75) is 30.4 Å². The Balaban J connectivity index is 1.00. The smallest absolute Gasteiger partial charge is 0.173 e. The van der Waals surface area contributed by atoms with Gasteiger partial charge in [0.2, 0.25) is 0 Å². The molecule has 0 spiro atoms. The molecule has 0 amide bonds. The zero-order chi connectivity index (χ0) is 58.6. The first-order chi connectivity index (χ1) is 43.4. The van der Waals surface area contributed by atoms with Crippen molar-refractivity contribution in [2.24, 2.45) is 0 Å². The van der Waals surface area contributed by atoms with Crippen molar-refractivity contribution in [3.05, 3.63) is 372 Å². The van der Waals surface area contributed by atoms with Crippen LogP contribution in [-0.4, -0.2) is 0 Å². The van der Waals surface area contributed by atoms with Gasteiger partial charge in [0, 0.05) is 62.8 Å². The second kappa shape index (κ2) is 20.6. The number of anilines is 6. The molecule has 0 aliphatic carbocycles. The van der Waals surface area contributed by atoms with Gasteiger partial charge in [-0.3, -0.25) is 0 Å². The maximum absolute atomic E-state index is 16.3. The second-order valence-corrected chi connectivity index (χ2v) is 30.5. The van der Waals surface area contributed by atoms with E-state index in [1.165, 1.54) is 0 Å². The molecule has 4 heterocycles. The predicted octanol–water partition coefficient (Wildman–Crippen LogP) is 18.2. The number of hydrogen-bond acceptors (Lipinski definition) is 6. The highest BCUT2D eigenvalue weighted by Gasteiger charge is 2.52. The Labute approximate surface area is 521 Å². The summed E-state index contributed by atoms with van der Waals surface area (Å²) in [7, 11) is -6.63. The minimum absolute atomic E-state index is 0.822. The average molecular weight is 1200 g/mol. The Bertz CT molecular complexity index is 4610. The van der Waals surface area contributed by atoms with E-state index in [-0.39, 0.29) is 0 Å². The van der Waals surface area contributed by atoms with Crippen LogP contribution in [-0.2, 0) is 20.0 Å². The molecule has 2 atom stereocenters. The lowest BCUT2D eigenvalue weighted by Gasteiger charge is -2.50. The first kappa shape index (κ1) is 52.9. The van der Waals surface area contributed by atoms with Crippen LogP contribution < -0.4 is 41.6 Å². The van der Waals surface area contributed by atoms with Crippen molar-refractivity contribution in [1.82, 2.24) is 0 Å². The summed E-state index contributed by atoms with van der Waals surface area (Å²) in [5.41, 5.74) is 13.3. The standard InChI is InChI=1S/C80H54N2O2P2S2/c83-85(61-35-15-5-16-36-61)71-43-23-25-45-75(71)87-77-51-59(47-49-73(77)85)81-67-41-21-19-39-63(67)79(55-27-7-1-8-28-55,56-29-9-2-10-30-56)65-53-70-66(54-69(65)81)80(57-31-11-3-12-32-57,58-33-13-4-14-34-58)64-40-20-22-42-68(64)82(70)60-48-50-74-78(52-60)88-76-46-26-24-44-72(76)86(74,84)62-37-17-6-18-38-62/h1-54H. The van der Waals surface area contributed by atoms with Gasteiger partial charge in [0.15, 0.2) is 14.3 Å². The van der Waals surface area contributed by atoms with Crippen LogP contribution in [0.1, 0.15) is 44.5 Å². The van der Waals surface area contributed by atoms with E-state index in [4.69, 9.17) is 0 Å². The Morgan fingerprint density at radius 1 is 0.250 bits per heavy atom. The van der Waals surface area contributed by atoms with Crippen LogP contribution in [0.5, 0.6) is 0 Å². The second-order valence-electron chi connectivity index (χ2n) is 22.9. The Morgan fingerprint density at radius 3 is 0.909 bits per heavy atom. The van der Waals surface area contributed by atoms with Gasteiger partial charge in [-0.25, -0.2) is 0 Å². The van der Waals surface area contributed by atoms with Crippen LogP contribution in [0.4, 0.5) is 34.1 Å². The number of fused-ring (bicyclic) bond motifs is 8. The summed E-state index contributed by atoms with van der Waals surface area (Å²) in [6.07, 6.45) is 0. The highest BCUT2D eigenvalue weighted by atomic mass is 32.2. The van der Waals surface area contributed by atoms with E-state index < -0.39 is 25.1 Å². The molecule has 4 aliphatic heterocycles. The van der Waals surface area contributed by atoms with E-state index in [1.54, 1.807) is 23.5 Å². The predicted molar refractivity (Wildman–Crippen MR) is 367 cm³/mol. The van der Waals surface area contributed by atoms with Crippen LogP contribution in [0.25, 0.3) is 0 Å². The van der Waals surface area contributed by atoms with Gasteiger partial charge in [0.1, 0.15) is 0 Å². The SMILES string of the molecule is O=P1(c2ccccc2)c2ccccc2Sc2cc(N3c4ccccc4C(c4ccccc4)(c4ccccc4)c4cc5c(cc43)C(c3ccccc3)(c3ccccc3)c3ccccc3N5c3ccc4c(c3)Sc3ccccc3P4(=O)c3ccccc3)ccc21. The largest absolute Gasteiger partial charge is 0.310 e. The molecule has 0 saturated carbocycles. The number of nitrogens with zero attached hydrogens (tertiary/aromatic N) is 2. The van der Waals surface area contributed by atoms with Crippen LogP contribution >= 0.6 is 37.8 Å². The molecule has 0 N–H and O–H groups in total. The van der Waals surface area contributed by atoms with Gasteiger partial charge >= 0.3 is 0 Å². The van der Waals surface area contributed by atoms with E-state index in [0.29, 0.717) is 0 Å². The van der Waals surface area contributed by atoms with Crippen molar-refractivity contribution in [2.75, 3.05) is 9.80 Å². The third kappa shape index (κ3) is 7.57. The minimum atomic E-state index is -3.32. The van der Waals surface area contributed by atoms with Crippen molar-refractivity contribution < 1.29 is 9.13 Å². The van der Waals surface area contributed by atoms with Crippen molar-refractivity contribution >= 4 is 104 Å². The molecule has 0 radical (unpaired) electrons. The third-order valence-corrected chi connectivity index (χ3v) is 27.7. The Hall–Kier alpha value is -9.38. The Morgan fingerprint density at radius 2 is 0.545 bits per heavy atom. The van der Waals surface area contributed by atoms with E-state index in [1.807, 2.05) is 72.8 Å². The van der Waals surface area contributed by atoms with Crippen LogP contribution in [0.3, 0.4) is 0 Å². The van der Waals surface area contributed by atoms with E-state index in [9.17, 15) is 0 Å². The van der Waals surface area contributed by atoms with Gasteiger partial charge in [-0.05, 0) is 129 Å². The number of rotatable bonds is 8. The number of benzene rings is 13. The molecule has 17 rings (SSSR count). The van der Waals surface area contributed by atoms with Gasteiger partial charge in [0.25, 0.3) is 0 Å². The topological polar surface area (TPSA) is 40.6 Å². The lowest BCUT2D eigenvalue weighted by atomic mass is 9.59. The van der Waals surface area contributed by atoms with Gasteiger partial charge < -0.3 is 18.9 Å². The van der Waals surface area contributed by atoms with Gasteiger partial charge in [-0.2, -0.15) is 0 Å².